The van der Waals surface area contributed by atoms with Crippen molar-refractivity contribution >= 4 is 17.6 Å². The van der Waals surface area contributed by atoms with E-state index in [1.165, 1.54) is 6.07 Å². The summed E-state index contributed by atoms with van der Waals surface area (Å²) in [6.45, 7) is 1.85. The zero-order valence-electron chi connectivity index (χ0n) is 9.82. The van der Waals surface area contributed by atoms with Gasteiger partial charge in [-0.05, 0) is 30.7 Å². The molecule has 0 saturated carbocycles. The molecule has 6 heteroatoms. The van der Waals surface area contributed by atoms with Crippen LogP contribution in [-0.2, 0) is 0 Å². The van der Waals surface area contributed by atoms with Crippen LogP contribution in [0, 0.1) is 6.92 Å². The van der Waals surface area contributed by atoms with Crippen molar-refractivity contribution in [1.29, 1.82) is 0 Å². The summed E-state index contributed by atoms with van der Waals surface area (Å²) in [5, 5.41) is 15.7. The number of hydrogen-bond donors (Lipinski definition) is 2. The Bertz CT molecular complexity index is 607. The normalized spacial score (nSPS) is 10.4. The van der Waals surface area contributed by atoms with Crippen molar-refractivity contribution in [2.45, 2.75) is 6.92 Å². The Morgan fingerprint density at radius 1 is 1.44 bits per heavy atom. The lowest BCUT2D eigenvalue weighted by Crippen LogP contribution is -1.95. The number of nitrogens with zero attached hydrogens (tertiary/aromatic N) is 1. The van der Waals surface area contributed by atoms with Crippen LogP contribution in [0.2, 0.25) is 5.02 Å². The van der Waals surface area contributed by atoms with Crippen LogP contribution in [0.25, 0.3) is 11.3 Å². The van der Waals surface area contributed by atoms with E-state index in [-0.39, 0.29) is 5.69 Å². The fourth-order valence-electron chi connectivity index (χ4n) is 1.61. The molecule has 0 aliphatic rings. The van der Waals surface area contributed by atoms with E-state index < -0.39 is 5.97 Å². The van der Waals surface area contributed by atoms with Crippen LogP contribution >= 0.6 is 11.6 Å². The van der Waals surface area contributed by atoms with Crippen LogP contribution in [-0.4, -0.2) is 28.4 Å². The van der Waals surface area contributed by atoms with Crippen molar-refractivity contribution in [3.8, 4) is 17.0 Å². The van der Waals surface area contributed by atoms with Crippen LogP contribution in [0.5, 0.6) is 5.75 Å². The molecule has 0 radical (unpaired) electrons. The molecule has 18 heavy (non-hydrogen) atoms. The molecule has 0 bridgehead atoms. The topological polar surface area (TPSA) is 75.2 Å². The van der Waals surface area contributed by atoms with E-state index in [0.29, 0.717) is 22.0 Å². The van der Waals surface area contributed by atoms with Crippen LogP contribution in [0.15, 0.2) is 18.2 Å². The lowest BCUT2D eigenvalue weighted by atomic mass is 10.1. The number of aromatic nitrogens is 2. The summed E-state index contributed by atoms with van der Waals surface area (Å²) in [4.78, 5) is 10.8. The SMILES string of the molecule is COc1cc(C)c(Cl)c(-c2cc(C(=O)O)[nH]n2)c1. The second-order valence-electron chi connectivity index (χ2n) is 3.78. The van der Waals surface area contributed by atoms with Gasteiger partial charge in [-0.3, -0.25) is 5.10 Å². The molecule has 5 nitrogen and oxygen atoms in total. The largest absolute Gasteiger partial charge is 0.497 e. The number of carboxylic acids is 1. The summed E-state index contributed by atoms with van der Waals surface area (Å²) < 4.78 is 5.15. The monoisotopic (exact) mass is 266 g/mol. The first-order valence-electron chi connectivity index (χ1n) is 5.16. The first-order chi connectivity index (χ1) is 8.52. The van der Waals surface area contributed by atoms with Gasteiger partial charge in [-0.25, -0.2) is 4.79 Å². The van der Waals surface area contributed by atoms with Crippen molar-refractivity contribution in [2.24, 2.45) is 0 Å². The molecule has 1 aromatic heterocycles. The number of carboxylic acid groups (broad SMARTS) is 1. The van der Waals surface area contributed by atoms with Crippen molar-refractivity contribution in [3.63, 3.8) is 0 Å². The van der Waals surface area contributed by atoms with Crippen molar-refractivity contribution in [3.05, 3.63) is 34.5 Å². The first-order valence-corrected chi connectivity index (χ1v) is 5.54. The Labute approximate surface area is 108 Å². The number of rotatable bonds is 3. The molecule has 0 spiro atoms. The van der Waals surface area contributed by atoms with Gasteiger partial charge >= 0.3 is 5.97 Å². The molecule has 2 aromatic rings. The Hall–Kier alpha value is -2.01. The van der Waals surface area contributed by atoms with Gasteiger partial charge in [-0.2, -0.15) is 5.10 Å². The Balaban J connectivity index is 2.55. The predicted molar refractivity (Wildman–Crippen MR) is 67.3 cm³/mol. The minimum Gasteiger partial charge on any atom is -0.497 e. The maximum absolute atomic E-state index is 10.8. The highest BCUT2D eigenvalue weighted by atomic mass is 35.5. The van der Waals surface area contributed by atoms with Gasteiger partial charge in [0.25, 0.3) is 0 Å². The summed E-state index contributed by atoms with van der Waals surface area (Å²) in [6, 6.07) is 4.95. The number of hydrogen-bond acceptors (Lipinski definition) is 3. The van der Waals surface area contributed by atoms with Gasteiger partial charge in [-0.1, -0.05) is 11.6 Å². The van der Waals surface area contributed by atoms with Gasteiger partial charge in [0, 0.05) is 5.56 Å². The van der Waals surface area contributed by atoms with E-state index in [1.807, 2.05) is 6.92 Å². The standard InChI is InChI=1S/C12H11ClN2O3/c1-6-3-7(18-2)4-8(11(6)13)9-5-10(12(16)17)15-14-9/h3-5H,1-2H3,(H,14,15)(H,16,17). The number of ether oxygens (including phenoxy) is 1. The van der Waals surface area contributed by atoms with E-state index in [4.69, 9.17) is 21.4 Å². The number of nitrogens with one attached hydrogen (secondary N) is 1. The number of methoxy groups -OCH3 is 1. The molecule has 0 amide bonds. The van der Waals surface area contributed by atoms with Gasteiger partial charge in [0.1, 0.15) is 11.4 Å². The molecule has 0 fully saturated rings. The smallest absolute Gasteiger partial charge is 0.353 e. The van der Waals surface area contributed by atoms with E-state index >= 15 is 0 Å². The number of benzene rings is 1. The highest BCUT2D eigenvalue weighted by molar-refractivity contribution is 6.34. The lowest BCUT2D eigenvalue weighted by molar-refractivity contribution is 0.0690. The molecule has 2 N–H and O–H groups in total. The Morgan fingerprint density at radius 3 is 2.72 bits per heavy atom. The molecule has 94 valence electrons. The summed E-state index contributed by atoms with van der Waals surface area (Å²) in [5.74, 6) is -0.420. The van der Waals surface area contributed by atoms with Gasteiger partial charge in [0.15, 0.2) is 0 Å². The Morgan fingerprint density at radius 2 is 2.17 bits per heavy atom. The van der Waals surface area contributed by atoms with Crippen LogP contribution in [0.4, 0.5) is 0 Å². The molecule has 1 heterocycles. The van der Waals surface area contributed by atoms with Gasteiger partial charge in [-0.15, -0.1) is 0 Å². The molecule has 1 aromatic carbocycles. The first kappa shape index (κ1) is 12.4. The average Bonchev–Trinajstić information content (AvgIpc) is 2.82. The molecule has 2 rings (SSSR count). The summed E-state index contributed by atoms with van der Waals surface area (Å²) in [5.41, 5.74) is 1.96. The van der Waals surface area contributed by atoms with Gasteiger partial charge in [0.2, 0.25) is 0 Å². The average molecular weight is 267 g/mol. The molecule has 0 saturated heterocycles. The van der Waals surface area contributed by atoms with E-state index in [1.54, 1.807) is 19.2 Å². The molecule has 0 aliphatic heterocycles. The minimum atomic E-state index is -1.07. The second kappa shape index (κ2) is 4.70. The summed E-state index contributed by atoms with van der Waals surface area (Å²) >= 11 is 6.19. The Kier molecular flexibility index (Phi) is 3.25. The predicted octanol–water partition coefficient (Wildman–Crippen LogP) is 2.75. The highest BCUT2D eigenvalue weighted by Crippen LogP contribution is 2.33. The van der Waals surface area contributed by atoms with Crippen LogP contribution in [0.1, 0.15) is 16.1 Å². The lowest BCUT2D eigenvalue weighted by Gasteiger charge is -2.07. The zero-order chi connectivity index (χ0) is 13.3. The number of carbonyl (C=O) groups is 1. The molecule has 0 unspecified atom stereocenters. The maximum atomic E-state index is 10.8. The van der Waals surface area contributed by atoms with Crippen LogP contribution < -0.4 is 4.74 Å². The quantitative estimate of drug-likeness (QED) is 0.896. The molecular formula is C12H11ClN2O3. The highest BCUT2D eigenvalue weighted by Gasteiger charge is 2.14. The van der Waals surface area contributed by atoms with Crippen LogP contribution in [0.3, 0.4) is 0 Å². The number of aryl methyl sites for hydroxylation is 1. The number of halogens is 1. The van der Waals surface area contributed by atoms with E-state index in [9.17, 15) is 4.79 Å². The third-order valence-corrected chi connectivity index (χ3v) is 3.05. The van der Waals surface area contributed by atoms with E-state index in [0.717, 1.165) is 5.56 Å². The van der Waals surface area contributed by atoms with Gasteiger partial charge < -0.3 is 9.84 Å². The third-order valence-electron chi connectivity index (χ3n) is 2.55. The van der Waals surface area contributed by atoms with E-state index in [2.05, 4.69) is 10.2 Å². The second-order valence-corrected chi connectivity index (χ2v) is 4.16. The number of H-pyrrole nitrogens is 1. The number of aromatic carboxylic acids is 1. The fraction of sp³-hybridized carbons (Fsp3) is 0.167. The molecule has 0 atom stereocenters. The summed E-state index contributed by atoms with van der Waals surface area (Å²) in [6.07, 6.45) is 0. The minimum absolute atomic E-state index is 0.0153. The number of aromatic amines is 1. The van der Waals surface area contributed by atoms with Gasteiger partial charge in [0.05, 0.1) is 17.8 Å². The summed E-state index contributed by atoms with van der Waals surface area (Å²) in [7, 11) is 1.56. The van der Waals surface area contributed by atoms with Crippen molar-refractivity contribution in [1.82, 2.24) is 10.2 Å². The van der Waals surface area contributed by atoms with Crippen molar-refractivity contribution < 1.29 is 14.6 Å². The molecular weight excluding hydrogens is 256 g/mol. The maximum Gasteiger partial charge on any atom is 0.353 e. The van der Waals surface area contributed by atoms with Crippen molar-refractivity contribution in [2.75, 3.05) is 7.11 Å². The zero-order valence-corrected chi connectivity index (χ0v) is 10.6. The third kappa shape index (κ3) is 2.17. The fourth-order valence-corrected chi connectivity index (χ4v) is 1.82. The molecule has 0 aliphatic carbocycles.